The third kappa shape index (κ3) is 1.85. The number of carboxylic acids is 1. The standard InChI is InChI=1S/C10H7NO5/c12-8(13)4-5-1-2-7-6(3-5)9(14)16-10(15)11-7/h1-3H,4H2,(H,11,15)(H,12,13). The molecule has 0 spiro atoms. The van der Waals surface area contributed by atoms with Crippen LogP contribution in [-0.4, -0.2) is 16.1 Å². The molecule has 0 aliphatic rings. The van der Waals surface area contributed by atoms with Crippen molar-refractivity contribution in [3.63, 3.8) is 0 Å². The molecule has 6 nitrogen and oxygen atoms in total. The van der Waals surface area contributed by atoms with E-state index in [1.807, 2.05) is 0 Å². The number of benzene rings is 1. The van der Waals surface area contributed by atoms with Crippen molar-refractivity contribution in [3.8, 4) is 0 Å². The predicted octanol–water partition coefficient (Wildman–Crippen LogP) is 0.108. The number of aromatic nitrogens is 1. The number of rotatable bonds is 2. The number of carboxylic acid groups (broad SMARTS) is 1. The van der Waals surface area contributed by atoms with Gasteiger partial charge < -0.3 is 9.52 Å². The first-order chi connectivity index (χ1) is 7.56. The van der Waals surface area contributed by atoms with Gasteiger partial charge in [-0.1, -0.05) is 6.07 Å². The van der Waals surface area contributed by atoms with Gasteiger partial charge >= 0.3 is 17.4 Å². The van der Waals surface area contributed by atoms with Crippen LogP contribution in [0.2, 0.25) is 0 Å². The Morgan fingerprint density at radius 3 is 2.81 bits per heavy atom. The average molecular weight is 221 g/mol. The first-order valence-electron chi connectivity index (χ1n) is 4.44. The Bertz CT molecular complexity index is 667. The van der Waals surface area contributed by atoms with Crippen molar-refractivity contribution in [2.75, 3.05) is 0 Å². The summed E-state index contributed by atoms with van der Waals surface area (Å²) < 4.78 is 4.34. The minimum absolute atomic E-state index is 0.165. The summed E-state index contributed by atoms with van der Waals surface area (Å²) in [5, 5.41) is 8.76. The summed E-state index contributed by atoms with van der Waals surface area (Å²) in [4.78, 5) is 35.0. The van der Waals surface area contributed by atoms with Gasteiger partial charge in [-0.3, -0.25) is 9.78 Å². The minimum atomic E-state index is -0.992. The molecule has 0 unspecified atom stereocenters. The number of hydrogen-bond acceptors (Lipinski definition) is 4. The van der Waals surface area contributed by atoms with E-state index in [2.05, 4.69) is 9.40 Å². The van der Waals surface area contributed by atoms with Crippen molar-refractivity contribution in [1.29, 1.82) is 0 Å². The Morgan fingerprint density at radius 2 is 2.12 bits per heavy atom. The van der Waals surface area contributed by atoms with E-state index in [-0.39, 0.29) is 11.8 Å². The number of hydrogen-bond donors (Lipinski definition) is 2. The molecule has 2 rings (SSSR count). The predicted molar refractivity (Wildman–Crippen MR) is 54.4 cm³/mol. The summed E-state index contributed by atoms with van der Waals surface area (Å²) >= 11 is 0. The maximum atomic E-state index is 11.3. The molecule has 2 N–H and O–H groups in total. The Balaban J connectivity index is 2.66. The quantitative estimate of drug-likeness (QED) is 0.749. The molecular weight excluding hydrogens is 214 g/mol. The Labute approximate surface area is 88.1 Å². The molecule has 0 saturated heterocycles. The molecule has 82 valence electrons. The number of aromatic amines is 1. The lowest BCUT2D eigenvalue weighted by Gasteiger charge is -1.99. The molecule has 0 amide bonds. The lowest BCUT2D eigenvalue weighted by molar-refractivity contribution is -0.136. The lowest BCUT2D eigenvalue weighted by atomic mass is 10.1. The van der Waals surface area contributed by atoms with Crippen LogP contribution < -0.4 is 11.4 Å². The first-order valence-corrected chi connectivity index (χ1v) is 4.44. The summed E-state index contributed by atoms with van der Waals surface area (Å²) in [6.45, 7) is 0. The molecule has 1 aromatic heterocycles. The van der Waals surface area contributed by atoms with Gasteiger partial charge in [-0.25, -0.2) is 9.59 Å². The van der Waals surface area contributed by atoms with Gasteiger partial charge in [-0.15, -0.1) is 0 Å². The molecular formula is C10H7NO5. The van der Waals surface area contributed by atoms with E-state index < -0.39 is 17.4 Å². The maximum Gasteiger partial charge on any atom is 0.419 e. The molecule has 0 bridgehead atoms. The summed E-state index contributed by atoms with van der Waals surface area (Å²) in [5.74, 6) is -1.82. The second-order valence-electron chi connectivity index (χ2n) is 3.25. The van der Waals surface area contributed by atoms with Crippen molar-refractivity contribution in [1.82, 2.24) is 4.98 Å². The van der Waals surface area contributed by atoms with Crippen LogP contribution in [0, 0.1) is 0 Å². The van der Waals surface area contributed by atoms with Gasteiger partial charge in [0.15, 0.2) is 0 Å². The van der Waals surface area contributed by atoms with Crippen molar-refractivity contribution in [2.24, 2.45) is 0 Å². The highest BCUT2D eigenvalue weighted by molar-refractivity contribution is 5.79. The Hall–Kier alpha value is -2.37. The monoisotopic (exact) mass is 221 g/mol. The highest BCUT2D eigenvalue weighted by atomic mass is 16.4. The zero-order valence-corrected chi connectivity index (χ0v) is 8.02. The third-order valence-corrected chi connectivity index (χ3v) is 2.08. The van der Waals surface area contributed by atoms with Gasteiger partial charge in [0.25, 0.3) is 0 Å². The Morgan fingerprint density at radius 1 is 1.38 bits per heavy atom. The van der Waals surface area contributed by atoms with Crippen LogP contribution in [0.5, 0.6) is 0 Å². The van der Waals surface area contributed by atoms with Crippen LogP contribution in [0.3, 0.4) is 0 Å². The summed E-state index contributed by atoms with van der Waals surface area (Å²) in [5.41, 5.74) is 0.0285. The fourth-order valence-electron chi connectivity index (χ4n) is 1.43. The first kappa shape index (κ1) is 10.2. The number of fused-ring (bicyclic) bond motifs is 1. The smallest absolute Gasteiger partial charge is 0.419 e. The second kappa shape index (κ2) is 3.65. The molecule has 1 aromatic carbocycles. The fourth-order valence-corrected chi connectivity index (χ4v) is 1.43. The zero-order chi connectivity index (χ0) is 11.7. The van der Waals surface area contributed by atoms with E-state index in [1.54, 1.807) is 0 Å². The molecule has 0 radical (unpaired) electrons. The highest BCUT2D eigenvalue weighted by Crippen LogP contribution is 2.09. The van der Waals surface area contributed by atoms with Crippen LogP contribution >= 0.6 is 0 Å². The molecule has 0 saturated carbocycles. The highest BCUT2D eigenvalue weighted by Gasteiger charge is 2.06. The van der Waals surface area contributed by atoms with E-state index in [4.69, 9.17) is 5.11 Å². The number of aliphatic carboxylic acids is 1. The molecule has 6 heteroatoms. The van der Waals surface area contributed by atoms with Crippen LogP contribution in [-0.2, 0) is 11.2 Å². The second-order valence-corrected chi connectivity index (χ2v) is 3.25. The van der Waals surface area contributed by atoms with Crippen LogP contribution in [0.25, 0.3) is 10.9 Å². The van der Waals surface area contributed by atoms with Gasteiger partial charge in [0.2, 0.25) is 0 Å². The van der Waals surface area contributed by atoms with Gasteiger partial charge in [-0.2, -0.15) is 0 Å². The molecule has 2 aromatic rings. The topological polar surface area (TPSA) is 100 Å². The van der Waals surface area contributed by atoms with E-state index in [0.29, 0.717) is 11.1 Å². The molecule has 0 aliphatic heterocycles. The van der Waals surface area contributed by atoms with E-state index in [1.165, 1.54) is 18.2 Å². The lowest BCUT2D eigenvalue weighted by Crippen LogP contribution is -2.14. The molecule has 0 atom stereocenters. The Kier molecular flexibility index (Phi) is 2.32. The molecule has 1 heterocycles. The van der Waals surface area contributed by atoms with Crippen molar-refractivity contribution in [2.45, 2.75) is 6.42 Å². The van der Waals surface area contributed by atoms with Crippen molar-refractivity contribution in [3.05, 3.63) is 44.7 Å². The third-order valence-electron chi connectivity index (χ3n) is 2.08. The summed E-state index contributed by atoms with van der Waals surface area (Å²) in [6, 6.07) is 4.41. The number of nitrogens with one attached hydrogen (secondary N) is 1. The van der Waals surface area contributed by atoms with Gasteiger partial charge in [0.05, 0.1) is 17.3 Å². The largest absolute Gasteiger partial charge is 0.481 e. The van der Waals surface area contributed by atoms with Crippen molar-refractivity contribution >= 4 is 16.9 Å². The molecule has 0 fully saturated rings. The van der Waals surface area contributed by atoms with E-state index in [0.717, 1.165) is 0 Å². The normalized spacial score (nSPS) is 10.5. The van der Waals surface area contributed by atoms with Crippen LogP contribution in [0.1, 0.15) is 5.56 Å². The average Bonchev–Trinajstić information content (AvgIpc) is 2.18. The zero-order valence-electron chi connectivity index (χ0n) is 8.02. The van der Waals surface area contributed by atoms with Crippen molar-refractivity contribution < 1.29 is 14.3 Å². The van der Waals surface area contributed by atoms with Gasteiger partial charge in [0, 0.05) is 0 Å². The van der Waals surface area contributed by atoms with Gasteiger partial charge in [-0.05, 0) is 17.7 Å². The maximum absolute atomic E-state index is 11.3. The number of H-pyrrole nitrogens is 1. The van der Waals surface area contributed by atoms with Crippen LogP contribution in [0.15, 0.2) is 32.2 Å². The number of carbonyl (C=O) groups is 1. The molecule has 16 heavy (non-hydrogen) atoms. The summed E-state index contributed by atoms with van der Waals surface area (Å²) in [6.07, 6.45) is -0.186. The fraction of sp³-hybridized carbons (Fsp3) is 0.100. The SMILES string of the molecule is O=C(O)Cc1ccc2[nH]c(=O)oc(=O)c2c1. The van der Waals surface area contributed by atoms with E-state index >= 15 is 0 Å². The van der Waals surface area contributed by atoms with Crippen LogP contribution in [0.4, 0.5) is 0 Å². The summed E-state index contributed by atoms with van der Waals surface area (Å²) in [7, 11) is 0. The van der Waals surface area contributed by atoms with E-state index in [9.17, 15) is 14.4 Å². The minimum Gasteiger partial charge on any atom is -0.481 e. The van der Waals surface area contributed by atoms with Gasteiger partial charge in [0.1, 0.15) is 0 Å². The molecule has 0 aliphatic carbocycles.